The van der Waals surface area contributed by atoms with Gasteiger partial charge in [-0.15, -0.1) is 0 Å². The molecule has 0 unspecified atom stereocenters. The first kappa shape index (κ1) is 13.7. The number of piperidine rings is 1. The van der Waals surface area contributed by atoms with E-state index in [2.05, 4.69) is 0 Å². The Kier molecular flexibility index (Phi) is 3.91. The lowest BCUT2D eigenvalue weighted by Gasteiger charge is -2.41. The third-order valence-corrected chi connectivity index (χ3v) is 3.54. The zero-order chi connectivity index (χ0) is 13.2. The van der Waals surface area contributed by atoms with E-state index in [1.54, 1.807) is 13.8 Å². The Morgan fingerprint density at radius 1 is 1.29 bits per heavy atom. The van der Waals surface area contributed by atoms with Gasteiger partial charge in [-0.25, -0.2) is 4.79 Å². The van der Waals surface area contributed by atoms with E-state index in [4.69, 9.17) is 0 Å². The molecule has 1 saturated heterocycles. The lowest BCUT2D eigenvalue weighted by molar-refractivity contribution is -0.170. The minimum absolute atomic E-state index is 0.00598. The number of carbonyl (C=O) groups is 3. The molecule has 0 aliphatic carbocycles. The SMILES string of the molecule is CCC(CC)(C(=O)O)N1C(=O)CC(C)CC1=O. The molecule has 1 heterocycles. The van der Waals surface area contributed by atoms with Crippen molar-refractivity contribution in [2.45, 2.75) is 52.0 Å². The molecule has 0 saturated carbocycles. The Bertz CT molecular complexity index is 328. The fourth-order valence-corrected chi connectivity index (χ4v) is 2.43. The molecule has 2 amide bonds. The number of rotatable bonds is 4. The van der Waals surface area contributed by atoms with Crippen molar-refractivity contribution in [3.05, 3.63) is 0 Å². The van der Waals surface area contributed by atoms with Crippen LogP contribution in [0.25, 0.3) is 0 Å². The van der Waals surface area contributed by atoms with Gasteiger partial charge in [0, 0.05) is 12.8 Å². The molecule has 0 aromatic heterocycles. The maximum absolute atomic E-state index is 11.9. The molecule has 17 heavy (non-hydrogen) atoms. The van der Waals surface area contributed by atoms with Crippen LogP contribution in [0.4, 0.5) is 0 Å². The Morgan fingerprint density at radius 3 is 2.00 bits per heavy atom. The molecule has 1 aliphatic heterocycles. The van der Waals surface area contributed by atoms with Crippen molar-refractivity contribution >= 4 is 17.8 Å². The molecular formula is C12H19NO4. The average Bonchev–Trinajstić information content (AvgIpc) is 2.22. The van der Waals surface area contributed by atoms with Crippen LogP contribution < -0.4 is 0 Å². The van der Waals surface area contributed by atoms with E-state index >= 15 is 0 Å². The van der Waals surface area contributed by atoms with Crippen molar-refractivity contribution in [2.24, 2.45) is 5.92 Å². The Balaban J connectivity index is 3.14. The zero-order valence-electron chi connectivity index (χ0n) is 10.5. The summed E-state index contributed by atoms with van der Waals surface area (Å²) in [5.41, 5.74) is -1.37. The number of carboxylic acids is 1. The fourth-order valence-electron chi connectivity index (χ4n) is 2.43. The van der Waals surface area contributed by atoms with Gasteiger partial charge in [-0.05, 0) is 18.8 Å². The van der Waals surface area contributed by atoms with Crippen LogP contribution in [0.1, 0.15) is 46.5 Å². The highest BCUT2D eigenvalue weighted by molar-refractivity contribution is 6.02. The van der Waals surface area contributed by atoms with Gasteiger partial charge in [0.1, 0.15) is 5.54 Å². The van der Waals surface area contributed by atoms with Crippen LogP contribution in [-0.4, -0.2) is 33.3 Å². The summed E-state index contributed by atoms with van der Waals surface area (Å²) in [5, 5.41) is 9.33. The number of imide groups is 1. The summed E-state index contributed by atoms with van der Waals surface area (Å²) in [6, 6.07) is 0. The number of hydrogen-bond acceptors (Lipinski definition) is 3. The summed E-state index contributed by atoms with van der Waals surface area (Å²) in [5.74, 6) is -1.81. The molecule has 0 atom stereocenters. The molecule has 0 aromatic carbocycles. The number of carboxylic acid groups (broad SMARTS) is 1. The van der Waals surface area contributed by atoms with E-state index in [0.29, 0.717) is 0 Å². The summed E-state index contributed by atoms with van der Waals surface area (Å²) in [4.78, 5) is 36.2. The molecule has 96 valence electrons. The minimum atomic E-state index is -1.37. The maximum Gasteiger partial charge on any atom is 0.330 e. The molecule has 1 N–H and O–H groups in total. The number of amides is 2. The van der Waals surface area contributed by atoms with Crippen LogP contribution in [0.5, 0.6) is 0 Å². The minimum Gasteiger partial charge on any atom is -0.479 e. The third-order valence-electron chi connectivity index (χ3n) is 3.54. The molecule has 1 aliphatic rings. The maximum atomic E-state index is 11.9. The molecular weight excluding hydrogens is 222 g/mol. The van der Waals surface area contributed by atoms with Gasteiger partial charge in [0.2, 0.25) is 11.8 Å². The quantitative estimate of drug-likeness (QED) is 0.755. The molecule has 1 fully saturated rings. The van der Waals surface area contributed by atoms with Crippen LogP contribution >= 0.6 is 0 Å². The summed E-state index contributed by atoms with van der Waals surface area (Å²) in [6.45, 7) is 5.21. The van der Waals surface area contributed by atoms with E-state index in [9.17, 15) is 19.5 Å². The summed E-state index contributed by atoms with van der Waals surface area (Å²) >= 11 is 0. The molecule has 0 bridgehead atoms. The second-order valence-corrected chi connectivity index (χ2v) is 4.68. The second kappa shape index (κ2) is 4.85. The van der Waals surface area contributed by atoms with E-state index in [-0.39, 0.29) is 43.4 Å². The Hall–Kier alpha value is -1.39. The van der Waals surface area contributed by atoms with Crippen LogP contribution in [0.2, 0.25) is 0 Å². The van der Waals surface area contributed by atoms with Crippen LogP contribution in [-0.2, 0) is 14.4 Å². The average molecular weight is 241 g/mol. The highest BCUT2D eigenvalue weighted by Crippen LogP contribution is 2.31. The van der Waals surface area contributed by atoms with E-state index in [1.807, 2.05) is 6.92 Å². The standard InChI is InChI=1S/C12H19NO4/c1-4-12(5-2,11(16)17)13-9(14)6-8(3)7-10(13)15/h8H,4-7H2,1-3H3,(H,16,17). The Morgan fingerprint density at radius 2 is 1.71 bits per heavy atom. The molecule has 0 spiro atoms. The number of hydrogen-bond donors (Lipinski definition) is 1. The number of carbonyl (C=O) groups excluding carboxylic acids is 2. The zero-order valence-corrected chi connectivity index (χ0v) is 10.5. The first-order valence-corrected chi connectivity index (χ1v) is 5.98. The topological polar surface area (TPSA) is 74.7 Å². The highest BCUT2D eigenvalue weighted by atomic mass is 16.4. The summed E-state index contributed by atoms with van der Waals surface area (Å²) in [7, 11) is 0. The Labute approximate surface area is 101 Å². The number of nitrogens with zero attached hydrogens (tertiary/aromatic N) is 1. The van der Waals surface area contributed by atoms with Gasteiger partial charge in [-0.1, -0.05) is 20.8 Å². The van der Waals surface area contributed by atoms with Crippen LogP contribution in [0.3, 0.4) is 0 Å². The molecule has 1 rings (SSSR count). The highest BCUT2D eigenvalue weighted by Gasteiger charge is 2.49. The van der Waals surface area contributed by atoms with Crippen molar-refractivity contribution in [3.63, 3.8) is 0 Å². The number of aliphatic carboxylic acids is 1. The predicted octanol–water partition coefficient (Wildman–Crippen LogP) is 1.41. The van der Waals surface area contributed by atoms with Crippen LogP contribution in [0.15, 0.2) is 0 Å². The normalized spacial score (nSPS) is 18.6. The van der Waals surface area contributed by atoms with Gasteiger partial charge in [0.15, 0.2) is 0 Å². The van der Waals surface area contributed by atoms with Gasteiger partial charge >= 0.3 is 5.97 Å². The largest absolute Gasteiger partial charge is 0.479 e. The fraction of sp³-hybridized carbons (Fsp3) is 0.750. The lowest BCUT2D eigenvalue weighted by atomic mass is 9.86. The van der Waals surface area contributed by atoms with Crippen molar-refractivity contribution < 1.29 is 19.5 Å². The van der Waals surface area contributed by atoms with E-state index in [1.165, 1.54) is 0 Å². The number of likely N-dealkylation sites (tertiary alicyclic amines) is 1. The first-order chi connectivity index (χ1) is 7.89. The second-order valence-electron chi connectivity index (χ2n) is 4.68. The van der Waals surface area contributed by atoms with E-state index in [0.717, 1.165) is 4.90 Å². The predicted molar refractivity (Wildman–Crippen MR) is 61.2 cm³/mol. The smallest absolute Gasteiger partial charge is 0.330 e. The third kappa shape index (κ3) is 2.18. The molecule has 0 radical (unpaired) electrons. The van der Waals surface area contributed by atoms with Gasteiger partial charge in [0.05, 0.1) is 0 Å². The van der Waals surface area contributed by atoms with Crippen LogP contribution in [0, 0.1) is 5.92 Å². The van der Waals surface area contributed by atoms with Crippen molar-refractivity contribution in [2.75, 3.05) is 0 Å². The van der Waals surface area contributed by atoms with E-state index < -0.39 is 11.5 Å². The molecule has 0 aromatic rings. The summed E-state index contributed by atoms with van der Waals surface area (Å²) < 4.78 is 0. The van der Waals surface area contributed by atoms with Crippen molar-refractivity contribution in [1.82, 2.24) is 4.90 Å². The van der Waals surface area contributed by atoms with Crippen molar-refractivity contribution in [1.29, 1.82) is 0 Å². The van der Waals surface area contributed by atoms with Gasteiger partial charge < -0.3 is 5.11 Å². The lowest BCUT2D eigenvalue weighted by Crippen LogP contribution is -2.61. The summed E-state index contributed by atoms with van der Waals surface area (Å²) in [6.07, 6.45) is 0.983. The molecule has 5 heteroatoms. The first-order valence-electron chi connectivity index (χ1n) is 5.98. The van der Waals surface area contributed by atoms with Gasteiger partial charge in [-0.2, -0.15) is 0 Å². The van der Waals surface area contributed by atoms with Crippen molar-refractivity contribution in [3.8, 4) is 0 Å². The van der Waals surface area contributed by atoms with Gasteiger partial charge in [-0.3, -0.25) is 14.5 Å². The van der Waals surface area contributed by atoms with Gasteiger partial charge in [0.25, 0.3) is 0 Å². The monoisotopic (exact) mass is 241 g/mol. The molecule has 5 nitrogen and oxygen atoms in total.